The standard InChI is InChI=1S/C17H19F3N4O/c1-2-8-21-16(25)13-10-15-22-12(11-6-4-3-5-7-11)9-14(17(18,19)20)24(15)23-13/h3-7,10,12,14,22H,2,8-9H2,1H3,(H,21,25)/t12-,14-/m1/s1. The molecule has 25 heavy (non-hydrogen) atoms. The Labute approximate surface area is 143 Å². The number of nitrogens with one attached hydrogen (secondary N) is 2. The zero-order chi connectivity index (χ0) is 18.0. The Kier molecular flexibility index (Phi) is 4.69. The van der Waals surface area contributed by atoms with E-state index in [1.165, 1.54) is 6.07 Å². The number of halogens is 3. The third-order valence-electron chi connectivity index (χ3n) is 4.16. The van der Waals surface area contributed by atoms with E-state index < -0.39 is 24.2 Å². The summed E-state index contributed by atoms with van der Waals surface area (Å²) < 4.78 is 41.5. The number of anilines is 1. The molecule has 0 unspecified atom stereocenters. The van der Waals surface area contributed by atoms with Crippen LogP contribution in [-0.2, 0) is 0 Å². The van der Waals surface area contributed by atoms with Crippen LogP contribution in [0.4, 0.5) is 19.0 Å². The molecule has 0 saturated heterocycles. The van der Waals surface area contributed by atoms with Crippen molar-refractivity contribution in [2.45, 2.75) is 38.0 Å². The Bertz CT molecular complexity index is 742. The molecule has 2 N–H and O–H groups in total. The fourth-order valence-electron chi connectivity index (χ4n) is 2.92. The Balaban J connectivity index is 1.93. The van der Waals surface area contributed by atoms with Crippen LogP contribution in [0.5, 0.6) is 0 Å². The minimum Gasteiger partial charge on any atom is -0.363 e. The van der Waals surface area contributed by atoms with Gasteiger partial charge >= 0.3 is 6.18 Å². The van der Waals surface area contributed by atoms with Gasteiger partial charge in [0.2, 0.25) is 0 Å². The molecule has 2 aromatic rings. The highest BCUT2D eigenvalue weighted by Crippen LogP contribution is 2.43. The lowest BCUT2D eigenvalue weighted by molar-refractivity contribution is -0.173. The van der Waals surface area contributed by atoms with Crippen molar-refractivity contribution in [3.8, 4) is 0 Å². The van der Waals surface area contributed by atoms with Crippen molar-refractivity contribution in [2.24, 2.45) is 0 Å². The second kappa shape index (κ2) is 6.78. The lowest BCUT2D eigenvalue weighted by Gasteiger charge is -2.33. The van der Waals surface area contributed by atoms with E-state index in [0.29, 0.717) is 6.54 Å². The summed E-state index contributed by atoms with van der Waals surface area (Å²) in [4.78, 5) is 12.0. The van der Waals surface area contributed by atoms with E-state index in [1.54, 1.807) is 24.3 Å². The fourth-order valence-corrected chi connectivity index (χ4v) is 2.92. The highest BCUT2D eigenvalue weighted by atomic mass is 19.4. The molecule has 3 rings (SSSR count). The molecule has 0 radical (unpaired) electrons. The highest BCUT2D eigenvalue weighted by molar-refractivity contribution is 5.93. The van der Waals surface area contributed by atoms with E-state index in [0.717, 1.165) is 16.7 Å². The molecule has 5 nitrogen and oxygen atoms in total. The molecule has 1 aliphatic heterocycles. The lowest BCUT2D eigenvalue weighted by Crippen LogP contribution is -2.35. The van der Waals surface area contributed by atoms with E-state index in [-0.39, 0.29) is 17.9 Å². The van der Waals surface area contributed by atoms with E-state index in [9.17, 15) is 18.0 Å². The molecule has 2 atom stereocenters. The normalized spacial score (nSPS) is 19.8. The number of benzene rings is 1. The van der Waals surface area contributed by atoms with Gasteiger partial charge in [0.05, 0.1) is 6.04 Å². The van der Waals surface area contributed by atoms with Crippen molar-refractivity contribution in [3.05, 3.63) is 47.7 Å². The summed E-state index contributed by atoms with van der Waals surface area (Å²) in [6.45, 7) is 2.34. The van der Waals surface area contributed by atoms with Crippen LogP contribution in [0.2, 0.25) is 0 Å². The number of nitrogens with zero attached hydrogens (tertiary/aromatic N) is 2. The van der Waals surface area contributed by atoms with E-state index in [4.69, 9.17) is 0 Å². The zero-order valence-corrected chi connectivity index (χ0v) is 13.7. The van der Waals surface area contributed by atoms with Gasteiger partial charge in [0.25, 0.3) is 5.91 Å². The molecule has 0 fully saturated rings. The maximum atomic E-state index is 13.5. The summed E-state index contributed by atoms with van der Waals surface area (Å²) in [5.41, 5.74) is 0.750. The molecule has 2 heterocycles. The number of carbonyl (C=O) groups is 1. The Hall–Kier alpha value is -2.51. The van der Waals surface area contributed by atoms with Gasteiger partial charge in [-0.2, -0.15) is 18.3 Å². The first-order valence-electron chi connectivity index (χ1n) is 8.16. The predicted molar refractivity (Wildman–Crippen MR) is 87.4 cm³/mol. The Morgan fingerprint density at radius 3 is 2.72 bits per heavy atom. The maximum absolute atomic E-state index is 13.5. The second-order valence-electron chi connectivity index (χ2n) is 6.02. The van der Waals surface area contributed by atoms with Gasteiger partial charge in [-0.25, -0.2) is 4.68 Å². The van der Waals surface area contributed by atoms with Gasteiger partial charge in [-0.15, -0.1) is 0 Å². The van der Waals surface area contributed by atoms with Crippen molar-refractivity contribution < 1.29 is 18.0 Å². The molecular weight excluding hydrogens is 333 g/mol. The smallest absolute Gasteiger partial charge is 0.363 e. The highest BCUT2D eigenvalue weighted by Gasteiger charge is 2.46. The third kappa shape index (κ3) is 3.62. The van der Waals surface area contributed by atoms with Crippen LogP contribution in [-0.4, -0.2) is 28.4 Å². The summed E-state index contributed by atoms with van der Waals surface area (Å²) >= 11 is 0. The van der Waals surface area contributed by atoms with Gasteiger partial charge in [-0.3, -0.25) is 4.79 Å². The average Bonchev–Trinajstić information content (AvgIpc) is 3.02. The monoisotopic (exact) mass is 352 g/mol. The third-order valence-corrected chi connectivity index (χ3v) is 4.16. The van der Waals surface area contributed by atoms with Crippen LogP contribution in [0.25, 0.3) is 0 Å². The second-order valence-corrected chi connectivity index (χ2v) is 6.02. The van der Waals surface area contributed by atoms with Crippen LogP contribution in [0.15, 0.2) is 36.4 Å². The summed E-state index contributed by atoms with van der Waals surface area (Å²) in [5.74, 6) is -0.271. The van der Waals surface area contributed by atoms with E-state index >= 15 is 0 Å². The van der Waals surface area contributed by atoms with Gasteiger partial charge < -0.3 is 10.6 Å². The quantitative estimate of drug-likeness (QED) is 0.882. The zero-order valence-electron chi connectivity index (χ0n) is 13.7. The first-order valence-corrected chi connectivity index (χ1v) is 8.16. The minimum absolute atomic E-state index is 0.0149. The molecule has 0 saturated carbocycles. The fraction of sp³-hybridized carbons (Fsp3) is 0.412. The van der Waals surface area contributed by atoms with Crippen LogP contribution >= 0.6 is 0 Å². The largest absolute Gasteiger partial charge is 0.410 e. The molecule has 0 spiro atoms. The van der Waals surface area contributed by atoms with Crippen molar-refractivity contribution in [3.63, 3.8) is 0 Å². The Morgan fingerprint density at radius 2 is 2.08 bits per heavy atom. The number of fused-ring (bicyclic) bond motifs is 1. The summed E-state index contributed by atoms with van der Waals surface area (Å²) in [6.07, 6.45) is -3.90. The van der Waals surface area contributed by atoms with Crippen molar-refractivity contribution >= 4 is 11.7 Å². The van der Waals surface area contributed by atoms with Gasteiger partial charge in [0.1, 0.15) is 5.82 Å². The molecule has 0 aliphatic carbocycles. The van der Waals surface area contributed by atoms with Crippen LogP contribution in [0.1, 0.15) is 47.9 Å². The van der Waals surface area contributed by atoms with Crippen molar-refractivity contribution in [1.29, 1.82) is 0 Å². The maximum Gasteiger partial charge on any atom is 0.410 e. The SMILES string of the molecule is CCCNC(=O)c1cc2n(n1)[C@@H](C(F)(F)F)C[C@H](c1ccccc1)N2. The van der Waals surface area contributed by atoms with Crippen LogP contribution in [0, 0.1) is 0 Å². The van der Waals surface area contributed by atoms with Gasteiger partial charge in [0.15, 0.2) is 11.7 Å². The molecule has 134 valence electrons. The average molecular weight is 352 g/mol. The molecule has 1 aromatic heterocycles. The van der Waals surface area contributed by atoms with Crippen molar-refractivity contribution in [1.82, 2.24) is 15.1 Å². The number of rotatable bonds is 4. The summed E-state index contributed by atoms with van der Waals surface area (Å²) in [7, 11) is 0. The number of alkyl halides is 3. The summed E-state index contributed by atoms with van der Waals surface area (Å²) in [5, 5.41) is 9.60. The summed E-state index contributed by atoms with van der Waals surface area (Å²) in [6, 6.07) is 8.06. The van der Waals surface area contributed by atoms with Gasteiger partial charge in [-0.1, -0.05) is 37.3 Å². The van der Waals surface area contributed by atoms with Gasteiger partial charge in [-0.05, 0) is 12.0 Å². The minimum atomic E-state index is -4.45. The lowest BCUT2D eigenvalue weighted by atomic mass is 9.97. The van der Waals surface area contributed by atoms with E-state index in [1.807, 2.05) is 13.0 Å². The molecule has 0 bridgehead atoms. The topological polar surface area (TPSA) is 59.0 Å². The number of amides is 1. The van der Waals surface area contributed by atoms with E-state index in [2.05, 4.69) is 15.7 Å². The van der Waals surface area contributed by atoms with Crippen LogP contribution < -0.4 is 10.6 Å². The molecule has 1 aliphatic rings. The molecule has 8 heteroatoms. The molecular formula is C17H19F3N4O. The van der Waals surface area contributed by atoms with Gasteiger partial charge in [0, 0.05) is 19.0 Å². The first kappa shape index (κ1) is 17.3. The van der Waals surface area contributed by atoms with Crippen LogP contribution in [0.3, 0.4) is 0 Å². The number of aromatic nitrogens is 2. The molecule has 1 aromatic carbocycles. The Morgan fingerprint density at radius 1 is 1.36 bits per heavy atom. The predicted octanol–water partition coefficient (Wildman–Crippen LogP) is 3.68. The number of carbonyl (C=O) groups excluding carboxylic acids is 1. The number of hydrogen-bond acceptors (Lipinski definition) is 3. The molecule has 1 amide bonds. The number of hydrogen-bond donors (Lipinski definition) is 2. The van der Waals surface area contributed by atoms with Crippen molar-refractivity contribution in [2.75, 3.05) is 11.9 Å². The first-order chi connectivity index (χ1) is 11.9.